The highest BCUT2D eigenvalue weighted by Crippen LogP contribution is 2.35. The van der Waals surface area contributed by atoms with Crippen LogP contribution in [0.1, 0.15) is 45.8 Å². The number of sulfonamides is 1. The topological polar surface area (TPSA) is 80.5 Å². The summed E-state index contributed by atoms with van der Waals surface area (Å²) in [5.41, 5.74) is 3.65. The number of piperidine rings is 1. The smallest absolute Gasteiger partial charge is 0.248 e. The fourth-order valence-electron chi connectivity index (χ4n) is 5.03. The van der Waals surface area contributed by atoms with E-state index in [0.717, 1.165) is 18.2 Å². The van der Waals surface area contributed by atoms with Crippen LogP contribution in [0.5, 0.6) is 0 Å². The third-order valence-electron chi connectivity index (χ3n) is 6.46. The highest BCUT2D eigenvalue weighted by Gasteiger charge is 2.37. The van der Waals surface area contributed by atoms with Gasteiger partial charge in [0.25, 0.3) is 0 Å². The van der Waals surface area contributed by atoms with E-state index in [1.54, 1.807) is 13.8 Å². The van der Waals surface area contributed by atoms with Crippen LogP contribution in [0.15, 0.2) is 39.8 Å². The van der Waals surface area contributed by atoms with Crippen molar-refractivity contribution < 1.29 is 17.7 Å². The maximum Gasteiger partial charge on any atom is 0.248 e. The zero-order valence-electron chi connectivity index (χ0n) is 17.1. The molecule has 1 aliphatic heterocycles. The summed E-state index contributed by atoms with van der Waals surface area (Å²) < 4.78 is 32.9. The molecule has 1 atom stereocenters. The molecule has 6 nitrogen and oxygen atoms in total. The monoisotopic (exact) mass is 424 g/mol. The molecular formula is C23H24N2O4S. The maximum atomic E-state index is 13.5. The average Bonchev–Trinajstić information content (AvgIpc) is 3.32. The summed E-state index contributed by atoms with van der Waals surface area (Å²) in [6, 6.07) is 10.1. The zero-order valence-corrected chi connectivity index (χ0v) is 18.0. The lowest BCUT2D eigenvalue weighted by atomic mass is 9.88. The number of aromatic nitrogens is 1. The quantitative estimate of drug-likeness (QED) is 0.595. The van der Waals surface area contributed by atoms with Gasteiger partial charge in [-0.05, 0) is 61.4 Å². The third-order valence-corrected chi connectivity index (χ3v) is 8.57. The minimum atomic E-state index is -3.75. The Morgan fingerprint density at radius 1 is 1.13 bits per heavy atom. The van der Waals surface area contributed by atoms with Gasteiger partial charge in [0, 0.05) is 24.6 Å². The number of carbonyl (C=O) groups is 1. The average molecular weight is 425 g/mol. The maximum absolute atomic E-state index is 13.5. The first-order valence-corrected chi connectivity index (χ1v) is 11.8. The Bertz CT molecular complexity index is 1250. The van der Waals surface area contributed by atoms with Gasteiger partial charge in [-0.2, -0.15) is 4.31 Å². The summed E-state index contributed by atoms with van der Waals surface area (Å²) >= 11 is 0. The number of carbonyl (C=O) groups excluding carboxylic acids is 1. The number of benzene rings is 2. The van der Waals surface area contributed by atoms with Crippen molar-refractivity contribution in [2.24, 2.45) is 5.92 Å². The summed E-state index contributed by atoms with van der Waals surface area (Å²) in [4.78, 5) is 13.6. The van der Waals surface area contributed by atoms with Crippen LogP contribution in [0.25, 0.3) is 10.8 Å². The highest BCUT2D eigenvalue weighted by molar-refractivity contribution is 7.89. The molecule has 0 spiro atoms. The predicted octanol–water partition coefficient (Wildman–Crippen LogP) is 3.83. The van der Waals surface area contributed by atoms with Crippen molar-refractivity contribution in [2.75, 3.05) is 13.1 Å². The Kier molecular flexibility index (Phi) is 4.56. The molecule has 3 aromatic rings. The number of nitrogens with zero attached hydrogens (tertiary/aromatic N) is 2. The Labute approximate surface area is 175 Å². The molecule has 1 saturated heterocycles. The van der Waals surface area contributed by atoms with Gasteiger partial charge in [0.05, 0.1) is 0 Å². The normalized spacial score (nSPS) is 19.5. The SMILES string of the molecule is Cc1noc(C)c1S(=O)(=O)N1CCC[C@@H](C(=O)c2ccc3c4c(cccc24)CC3)C1. The fourth-order valence-corrected chi connectivity index (χ4v) is 6.84. The summed E-state index contributed by atoms with van der Waals surface area (Å²) in [7, 11) is -3.75. The van der Waals surface area contributed by atoms with Crippen LogP contribution in [-0.4, -0.2) is 36.8 Å². The summed E-state index contributed by atoms with van der Waals surface area (Å²) in [6.07, 6.45) is 3.37. The Balaban J connectivity index is 1.48. The van der Waals surface area contributed by atoms with Gasteiger partial charge < -0.3 is 4.52 Å². The number of rotatable bonds is 4. The first-order chi connectivity index (χ1) is 14.4. The molecule has 1 aliphatic carbocycles. The molecule has 2 aromatic carbocycles. The number of ketones is 1. The van der Waals surface area contributed by atoms with E-state index in [1.165, 1.54) is 20.8 Å². The second-order valence-corrected chi connectivity index (χ2v) is 10.2. The predicted molar refractivity (Wildman–Crippen MR) is 113 cm³/mol. The van der Waals surface area contributed by atoms with Crippen molar-refractivity contribution in [2.45, 2.75) is 44.4 Å². The van der Waals surface area contributed by atoms with Crippen LogP contribution in [0, 0.1) is 19.8 Å². The second kappa shape index (κ2) is 7.03. The molecule has 0 N–H and O–H groups in total. The lowest BCUT2D eigenvalue weighted by Crippen LogP contribution is -2.42. The van der Waals surface area contributed by atoms with E-state index in [4.69, 9.17) is 4.52 Å². The number of hydrogen-bond acceptors (Lipinski definition) is 5. The molecule has 2 aliphatic rings. The van der Waals surface area contributed by atoms with Gasteiger partial charge in [-0.15, -0.1) is 0 Å². The van der Waals surface area contributed by atoms with Gasteiger partial charge in [-0.25, -0.2) is 8.42 Å². The first-order valence-electron chi connectivity index (χ1n) is 10.4. The molecule has 1 fully saturated rings. The van der Waals surface area contributed by atoms with Crippen LogP contribution in [-0.2, 0) is 22.9 Å². The van der Waals surface area contributed by atoms with E-state index in [1.807, 2.05) is 18.2 Å². The van der Waals surface area contributed by atoms with E-state index in [9.17, 15) is 13.2 Å². The van der Waals surface area contributed by atoms with Crippen molar-refractivity contribution in [3.05, 3.63) is 58.5 Å². The summed E-state index contributed by atoms with van der Waals surface area (Å²) in [6.45, 7) is 3.82. The van der Waals surface area contributed by atoms with Crippen LogP contribution in [0.4, 0.5) is 0 Å². The van der Waals surface area contributed by atoms with E-state index in [-0.39, 0.29) is 28.9 Å². The van der Waals surface area contributed by atoms with Gasteiger partial charge in [0.2, 0.25) is 10.0 Å². The van der Waals surface area contributed by atoms with Gasteiger partial charge in [0.1, 0.15) is 10.6 Å². The van der Waals surface area contributed by atoms with Gasteiger partial charge in [0.15, 0.2) is 11.5 Å². The van der Waals surface area contributed by atoms with E-state index < -0.39 is 10.0 Å². The molecule has 30 heavy (non-hydrogen) atoms. The van der Waals surface area contributed by atoms with Crippen LogP contribution >= 0.6 is 0 Å². The number of hydrogen-bond donors (Lipinski definition) is 0. The molecule has 1 aromatic heterocycles. The molecule has 7 heteroatoms. The largest absolute Gasteiger partial charge is 0.360 e. The second-order valence-electron chi connectivity index (χ2n) is 8.33. The molecule has 0 radical (unpaired) electrons. The Hall–Kier alpha value is -2.51. The lowest BCUT2D eigenvalue weighted by molar-refractivity contribution is 0.0874. The van der Waals surface area contributed by atoms with E-state index >= 15 is 0 Å². The molecule has 2 heterocycles. The summed E-state index contributed by atoms with van der Waals surface area (Å²) in [5, 5.41) is 5.99. The minimum Gasteiger partial charge on any atom is -0.360 e. The molecule has 0 bridgehead atoms. The van der Waals surface area contributed by atoms with Crippen molar-refractivity contribution in [3.8, 4) is 0 Å². The summed E-state index contributed by atoms with van der Waals surface area (Å²) in [5.74, 6) is -0.0369. The van der Waals surface area contributed by atoms with Gasteiger partial charge >= 0.3 is 0 Å². The van der Waals surface area contributed by atoms with Crippen molar-refractivity contribution in [1.29, 1.82) is 0 Å². The van der Waals surface area contributed by atoms with E-state index in [0.29, 0.717) is 30.6 Å². The van der Waals surface area contributed by atoms with E-state index in [2.05, 4.69) is 17.3 Å². The molecule has 0 saturated carbocycles. The van der Waals surface area contributed by atoms with Crippen molar-refractivity contribution in [1.82, 2.24) is 9.46 Å². The number of Topliss-reactive ketones (excluding diaryl/α,β-unsaturated/α-hetero) is 1. The molecular weight excluding hydrogens is 400 g/mol. The van der Waals surface area contributed by atoms with Gasteiger partial charge in [-0.3, -0.25) is 4.79 Å². The molecule has 0 amide bonds. The van der Waals surface area contributed by atoms with Crippen molar-refractivity contribution >= 4 is 26.6 Å². The third kappa shape index (κ3) is 2.91. The lowest BCUT2D eigenvalue weighted by Gasteiger charge is -2.31. The minimum absolute atomic E-state index is 0.0317. The highest BCUT2D eigenvalue weighted by atomic mass is 32.2. The van der Waals surface area contributed by atoms with Crippen LogP contribution in [0.2, 0.25) is 0 Å². The van der Waals surface area contributed by atoms with Gasteiger partial charge in [-0.1, -0.05) is 35.5 Å². The zero-order chi connectivity index (χ0) is 21.0. The van der Waals surface area contributed by atoms with Crippen molar-refractivity contribution in [3.63, 3.8) is 0 Å². The Morgan fingerprint density at radius 2 is 1.90 bits per heavy atom. The van der Waals surface area contributed by atoms with Crippen LogP contribution < -0.4 is 0 Å². The first kappa shape index (κ1) is 19.5. The Morgan fingerprint density at radius 3 is 2.63 bits per heavy atom. The fraction of sp³-hybridized carbons (Fsp3) is 0.391. The molecule has 156 valence electrons. The van der Waals surface area contributed by atoms with Crippen LogP contribution in [0.3, 0.4) is 0 Å². The number of aryl methyl sites for hydroxylation is 4. The molecule has 0 unspecified atom stereocenters. The molecule has 5 rings (SSSR count). The standard InChI is InChI=1S/C23H24N2O4S/c1-14-23(15(2)29-24-14)30(27,28)25-12-4-6-18(13-25)22(26)20-11-10-17-9-8-16-5-3-7-19(20)21(16)17/h3,5,7,10-11,18H,4,6,8-9,12-13H2,1-2H3/t18-/m1/s1.